The second-order valence-electron chi connectivity index (χ2n) is 6.88. The first-order valence-electron chi connectivity index (χ1n) is 8.86. The highest BCUT2D eigenvalue weighted by Gasteiger charge is 2.35. The molecule has 23 heavy (non-hydrogen) atoms. The van der Waals surface area contributed by atoms with Gasteiger partial charge in [0.1, 0.15) is 6.10 Å². The largest absolute Gasteiger partial charge is 0.388 e. The van der Waals surface area contributed by atoms with Gasteiger partial charge in [0.25, 0.3) is 0 Å². The van der Waals surface area contributed by atoms with E-state index >= 15 is 0 Å². The number of aliphatic hydroxyl groups is 1. The third kappa shape index (κ3) is 5.46. The van der Waals surface area contributed by atoms with Gasteiger partial charge >= 0.3 is 0 Å². The zero-order valence-corrected chi connectivity index (χ0v) is 14.4. The van der Waals surface area contributed by atoms with E-state index in [0.29, 0.717) is 13.1 Å². The molecule has 2 amide bonds. The van der Waals surface area contributed by atoms with Crippen molar-refractivity contribution in [2.75, 3.05) is 26.2 Å². The number of aliphatic hydroxyl groups excluding tert-OH is 1. The molecule has 0 radical (unpaired) electrons. The molecule has 2 atom stereocenters. The minimum atomic E-state index is -0.636. The smallest absolute Gasteiger partial charge is 0.223 e. The Balaban J connectivity index is 1.75. The molecule has 0 aromatic carbocycles. The van der Waals surface area contributed by atoms with Gasteiger partial charge in [-0.15, -0.1) is 0 Å². The van der Waals surface area contributed by atoms with Crippen molar-refractivity contribution in [1.82, 2.24) is 9.80 Å². The summed E-state index contributed by atoms with van der Waals surface area (Å²) in [6, 6.07) is 0. The maximum absolute atomic E-state index is 12.3. The van der Waals surface area contributed by atoms with Gasteiger partial charge in [-0.25, -0.2) is 0 Å². The number of amides is 2. The third-order valence-electron chi connectivity index (χ3n) is 4.55. The van der Waals surface area contributed by atoms with Crippen LogP contribution in [0, 0.1) is 0 Å². The van der Waals surface area contributed by atoms with Gasteiger partial charge in [0.2, 0.25) is 11.8 Å². The van der Waals surface area contributed by atoms with Crippen molar-refractivity contribution >= 4 is 11.8 Å². The Hall–Kier alpha value is -1.14. The van der Waals surface area contributed by atoms with Crippen LogP contribution in [-0.4, -0.2) is 71.2 Å². The summed E-state index contributed by atoms with van der Waals surface area (Å²) in [6.07, 6.45) is 4.05. The van der Waals surface area contributed by atoms with E-state index in [1.807, 2.05) is 18.7 Å². The van der Waals surface area contributed by atoms with Crippen molar-refractivity contribution in [1.29, 1.82) is 0 Å². The van der Waals surface area contributed by atoms with Crippen LogP contribution in [0.5, 0.6) is 0 Å². The van der Waals surface area contributed by atoms with Gasteiger partial charge in [0.15, 0.2) is 0 Å². The number of likely N-dealkylation sites (tertiary alicyclic amines) is 2. The zero-order chi connectivity index (χ0) is 16.8. The van der Waals surface area contributed by atoms with Crippen LogP contribution in [0.15, 0.2) is 0 Å². The number of hydrogen-bond donors (Lipinski definition) is 1. The topological polar surface area (TPSA) is 70.1 Å². The van der Waals surface area contributed by atoms with Crippen molar-refractivity contribution in [3.05, 3.63) is 0 Å². The van der Waals surface area contributed by atoms with Crippen molar-refractivity contribution in [3.8, 4) is 0 Å². The average molecular weight is 326 g/mol. The van der Waals surface area contributed by atoms with Crippen molar-refractivity contribution in [2.45, 2.75) is 70.7 Å². The van der Waals surface area contributed by atoms with Gasteiger partial charge < -0.3 is 19.6 Å². The molecule has 6 heteroatoms. The number of rotatable bonds is 5. The van der Waals surface area contributed by atoms with E-state index < -0.39 is 6.10 Å². The fourth-order valence-corrected chi connectivity index (χ4v) is 3.29. The monoisotopic (exact) mass is 326 g/mol. The van der Waals surface area contributed by atoms with Crippen LogP contribution in [0.3, 0.4) is 0 Å². The molecule has 0 aliphatic carbocycles. The highest BCUT2D eigenvalue weighted by molar-refractivity contribution is 5.84. The van der Waals surface area contributed by atoms with E-state index in [-0.39, 0.29) is 36.9 Å². The molecular weight excluding hydrogens is 296 g/mol. The quantitative estimate of drug-likeness (QED) is 0.823. The average Bonchev–Trinajstić information content (AvgIpc) is 2.73. The summed E-state index contributed by atoms with van der Waals surface area (Å²) in [5.74, 6) is 0.0112. The van der Waals surface area contributed by atoms with E-state index in [1.54, 1.807) is 4.90 Å². The number of β-amino-alcohol motifs (C(OH)–C–C–N with tert-alkyl or cyclic N) is 1. The maximum Gasteiger partial charge on any atom is 0.223 e. The first-order chi connectivity index (χ1) is 11.0. The normalized spacial score (nSPS) is 25.7. The van der Waals surface area contributed by atoms with Crippen LogP contribution in [0.25, 0.3) is 0 Å². The van der Waals surface area contributed by atoms with Gasteiger partial charge in [-0.1, -0.05) is 12.8 Å². The predicted molar refractivity (Wildman–Crippen MR) is 86.9 cm³/mol. The van der Waals surface area contributed by atoms with Gasteiger partial charge in [0, 0.05) is 39.0 Å². The molecule has 0 saturated carbocycles. The molecule has 2 saturated heterocycles. The van der Waals surface area contributed by atoms with Gasteiger partial charge in [-0.2, -0.15) is 0 Å². The molecule has 0 bridgehead atoms. The molecule has 2 fully saturated rings. The van der Waals surface area contributed by atoms with Crippen LogP contribution in [0.1, 0.15) is 52.4 Å². The highest BCUT2D eigenvalue weighted by Crippen LogP contribution is 2.17. The second-order valence-corrected chi connectivity index (χ2v) is 6.88. The lowest BCUT2D eigenvalue weighted by Crippen LogP contribution is -2.34. The molecule has 6 nitrogen and oxygen atoms in total. The van der Waals surface area contributed by atoms with Crippen LogP contribution >= 0.6 is 0 Å². The molecule has 2 rings (SSSR count). The lowest BCUT2D eigenvalue weighted by Gasteiger charge is -2.21. The molecule has 1 N–H and O–H groups in total. The van der Waals surface area contributed by atoms with E-state index in [9.17, 15) is 14.7 Å². The molecule has 2 heterocycles. The van der Waals surface area contributed by atoms with Gasteiger partial charge in [0.05, 0.1) is 12.2 Å². The molecule has 132 valence electrons. The number of nitrogens with zero attached hydrogens (tertiary/aromatic N) is 2. The number of carbonyl (C=O) groups excluding carboxylic acids is 2. The molecule has 2 aliphatic heterocycles. The summed E-state index contributed by atoms with van der Waals surface area (Å²) in [4.78, 5) is 28.0. The Bertz CT molecular complexity index is 405. The lowest BCUT2D eigenvalue weighted by atomic mass is 10.2. The predicted octanol–water partition coefficient (Wildman–Crippen LogP) is 1.17. The third-order valence-corrected chi connectivity index (χ3v) is 4.55. The second kappa shape index (κ2) is 8.64. The van der Waals surface area contributed by atoms with Gasteiger partial charge in [-0.05, 0) is 26.7 Å². The number of ether oxygens (including phenoxy) is 1. The molecule has 0 aromatic heterocycles. The summed E-state index contributed by atoms with van der Waals surface area (Å²) in [6.45, 7) is 6.18. The van der Waals surface area contributed by atoms with Crippen molar-refractivity contribution in [3.63, 3.8) is 0 Å². The molecule has 0 spiro atoms. The Morgan fingerprint density at radius 1 is 1.00 bits per heavy atom. The number of carbonyl (C=O) groups is 2. The van der Waals surface area contributed by atoms with Crippen LogP contribution in [-0.2, 0) is 14.3 Å². The Kier molecular flexibility index (Phi) is 6.84. The zero-order valence-electron chi connectivity index (χ0n) is 14.4. The summed E-state index contributed by atoms with van der Waals surface area (Å²) < 4.78 is 5.62. The van der Waals surface area contributed by atoms with Crippen LogP contribution in [0.2, 0.25) is 0 Å². The summed E-state index contributed by atoms with van der Waals surface area (Å²) in [5, 5.41) is 9.98. The molecule has 2 aliphatic rings. The Morgan fingerprint density at radius 3 is 2.13 bits per heavy atom. The van der Waals surface area contributed by atoms with E-state index in [2.05, 4.69) is 0 Å². The van der Waals surface area contributed by atoms with E-state index in [1.165, 1.54) is 12.8 Å². The maximum atomic E-state index is 12.3. The summed E-state index contributed by atoms with van der Waals surface area (Å²) in [7, 11) is 0. The Morgan fingerprint density at radius 2 is 1.57 bits per heavy atom. The number of hydrogen-bond acceptors (Lipinski definition) is 4. The molecule has 0 unspecified atom stereocenters. The van der Waals surface area contributed by atoms with E-state index in [4.69, 9.17) is 4.74 Å². The SMILES string of the molecule is CC(C)O[C@H]1CN(C(=O)CCC(=O)N2CCCCCC2)C[C@@H]1O. The summed E-state index contributed by atoms with van der Waals surface area (Å²) >= 11 is 0. The highest BCUT2D eigenvalue weighted by atomic mass is 16.5. The van der Waals surface area contributed by atoms with Crippen molar-refractivity contribution in [2.24, 2.45) is 0 Å². The minimum absolute atomic E-state index is 0.0225. The first-order valence-corrected chi connectivity index (χ1v) is 8.86. The molecule has 0 aromatic rings. The lowest BCUT2D eigenvalue weighted by molar-refractivity contribution is -0.136. The van der Waals surface area contributed by atoms with Crippen LogP contribution in [0.4, 0.5) is 0 Å². The van der Waals surface area contributed by atoms with E-state index in [0.717, 1.165) is 25.9 Å². The molecular formula is C17H30N2O4. The minimum Gasteiger partial charge on any atom is -0.388 e. The van der Waals surface area contributed by atoms with Gasteiger partial charge in [-0.3, -0.25) is 9.59 Å². The fourth-order valence-electron chi connectivity index (χ4n) is 3.29. The first kappa shape index (κ1) is 18.2. The van der Waals surface area contributed by atoms with Crippen LogP contribution < -0.4 is 0 Å². The van der Waals surface area contributed by atoms with Crippen molar-refractivity contribution < 1.29 is 19.4 Å². The summed E-state index contributed by atoms with van der Waals surface area (Å²) in [5.41, 5.74) is 0. The standard InChI is InChI=1S/C17H30N2O4/c1-13(2)23-15-12-19(11-14(15)20)17(22)8-7-16(21)18-9-5-3-4-6-10-18/h13-15,20H,3-12H2,1-2H3/t14-,15-/m0/s1. The Labute approximate surface area is 138 Å². The fraction of sp³-hybridized carbons (Fsp3) is 0.882.